The number of piperidine rings is 1. The molecule has 1 aliphatic rings. The summed E-state index contributed by atoms with van der Waals surface area (Å²) in [7, 11) is 0. The molecule has 0 aromatic heterocycles. The normalized spacial score (nSPS) is 14.3. The van der Waals surface area contributed by atoms with E-state index in [1.807, 2.05) is 24.3 Å². The van der Waals surface area contributed by atoms with Gasteiger partial charge in [0.25, 0.3) is 0 Å². The highest BCUT2D eigenvalue weighted by atomic mass is 19.1. The number of aryl methyl sites for hydroxylation is 2. The summed E-state index contributed by atoms with van der Waals surface area (Å²) in [6.07, 6.45) is 4.41. The molecule has 0 radical (unpaired) electrons. The van der Waals surface area contributed by atoms with Gasteiger partial charge in [0.1, 0.15) is 5.82 Å². The van der Waals surface area contributed by atoms with Gasteiger partial charge in [-0.05, 0) is 104 Å². The maximum Gasteiger partial charge on any atom is 0.224 e. The van der Waals surface area contributed by atoms with Gasteiger partial charge in [-0.15, -0.1) is 0 Å². The number of amides is 1. The monoisotopic (exact) mass is 430 g/mol. The SMILES string of the molecule is Cc1ccc(NC(=O)CCCc2ccc(-c3cccc(F)c3)cc2)cc1C1CCNCC1. The third kappa shape index (κ3) is 5.83. The van der Waals surface area contributed by atoms with Gasteiger partial charge in [0.05, 0.1) is 0 Å². The van der Waals surface area contributed by atoms with Crippen LogP contribution in [0.25, 0.3) is 11.1 Å². The standard InChI is InChI=1S/C28H31FN2O/c1-20-8-13-26(19-27(20)23-14-16-30-17-15-23)31-28(32)7-2-4-21-9-11-22(12-10-21)24-5-3-6-25(29)18-24/h3,5-6,8-13,18-19,23,30H,2,4,7,14-17H2,1H3,(H,31,32). The lowest BCUT2D eigenvalue weighted by atomic mass is 9.87. The number of halogens is 1. The molecular weight excluding hydrogens is 399 g/mol. The second-order valence-corrected chi connectivity index (χ2v) is 8.70. The van der Waals surface area contributed by atoms with Gasteiger partial charge in [-0.1, -0.05) is 42.5 Å². The van der Waals surface area contributed by atoms with Crippen molar-refractivity contribution in [1.82, 2.24) is 5.32 Å². The van der Waals surface area contributed by atoms with Crippen molar-refractivity contribution in [3.8, 4) is 11.1 Å². The molecule has 32 heavy (non-hydrogen) atoms. The van der Waals surface area contributed by atoms with E-state index in [1.54, 1.807) is 12.1 Å². The third-order valence-corrected chi connectivity index (χ3v) is 6.32. The molecule has 0 bridgehead atoms. The van der Waals surface area contributed by atoms with E-state index in [4.69, 9.17) is 0 Å². The van der Waals surface area contributed by atoms with Gasteiger partial charge in [0, 0.05) is 12.1 Å². The van der Waals surface area contributed by atoms with E-state index in [9.17, 15) is 9.18 Å². The van der Waals surface area contributed by atoms with E-state index in [0.29, 0.717) is 12.3 Å². The number of hydrogen-bond donors (Lipinski definition) is 2. The predicted octanol–water partition coefficient (Wildman–Crippen LogP) is 6.23. The fraction of sp³-hybridized carbons (Fsp3) is 0.321. The van der Waals surface area contributed by atoms with Crippen molar-refractivity contribution in [3.63, 3.8) is 0 Å². The fourth-order valence-corrected chi connectivity index (χ4v) is 4.50. The molecule has 1 heterocycles. The molecular formula is C28H31FN2O. The Morgan fingerprint density at radius 1 is 1.00 bits per heavy atom. The highest BCUT2D eigenvalue weighted by Crippen LogP contribution is 2.30. The number of hydrogen-bond acceptors (Lipinski definition) is 2. The van der Waals surface area contributed by atoms with Crippen molar-refractivity contribution in [3.05, 3.63) is 89.2 Å². The zero-order chi connectivity index (χ0) is 22.3. The second kappa shape index (κ2) is 10.6. The summed E-state index contributed by atoms with van der Waals surface area (Å²) in [5, 5.41) is 6.50. The first-order valence-electron chi connectivity index (χ1n) is 11.5. The Hall–Kier alpha value is -2.98. The number of anilines is 1. The van der Waals surface area contributed by atoms with E-state index in [2.05, 4.69) is 41.8 Å². The van der Waals surface area contributed by atoms with E-state index in [-0.39, 0.29) is 11.7 Å². The maximum absolute atomic E-state index is 13.4. The molecule has 0 spiro atoms. The van der Waals surface area contributed by atoms with Gasteiger partial charge in [0.2, 0.25) is 5.91 Å². The minimum Gasteiger partial charge on any atom is -0.326 e. The zero-order valence-corrected chi connectivity index (χ0v) is 18.7. The Kier molecular flexibility index (Phi) is 7.33. The number of carbonyl (C=O) groups excluding carboxylic acids is 1. The summed E-state index contributed by atoms with van der Waals surface area (Å²) in [4.78, 5) is 12.5. The van der Waals surface area contributed by atoms with Gasteiger partial charge in [-0.3, -0.25) is 4.79 Å². The van der Waals surface area contributed by atoms with Gasteiger partial charge in [0.15, 0.2) is 0 Å². The summed E-state index contributed by atoms with van der Waals surface area (Å²) < 4.78 is 13.4. The molecule has 1 aliphatic heterocycles. The number of carbonyl (C=O) groups is 1. The van der Waals surface area contributed by atoms with Crippen LogP contribution in [0.3, 0.4) is 0 Å². The van der Waals surface area contributed by atoms with Crippen molar-refractivity contribution in [2.45, 2.75) is 44.9 Å². The van der Waals surface area contributed by atoms with Crippen molar-refractivity contribution in [2.24, 2.45) is 0 Å². The zero-order valence-electron chi connectivity index (χ0n) is 18.7. The Morgan fingerprint density at radius 3 is 2.53 bits per heavy atom. The van der Waals surface area contributed by atoms with Gasteiger partial charge in [-0.25, -0.2) is 4.39 Å². The van der Waals surface area contributed by atoms with E-state index >= 15 is 0 Å². The van der Waals surface area contributed by atoms with Crippen LogP contribution in [0, 0.1) is 12.7 Å². The van der Waals surface area contributed by atoms with Crippen LogP contribution < -0.4 is 10.6 Å². The van der Waals surface area contributed by atoms with Crippen LogP contribution in [-0.2, 0) is 11.2 Å². The first kappa shape index (κ1) is 22.2. The highest BCUT2D eigenvalue weighted by Gasteiger charge is 2.17. The molecule has 0 unspecified atom stereocenters. The molecule has 2 N–H and O–H groups in total. The van der Waals surface area contributed by atoms with Crippen molar-refractivity contribution >= 4 is 11.6 Å². The average Bonchev–Trinajstić information content (AvgIpc) is 2.81. The summed E-state index contributed by atoms with van der Waals surface area (Å²) in [6, 6.07) is 21.0. The van der Waals surface area contributed by atoms with Crippen LogP contribution in [0.5, 0.6) is 0 Å². The number of nitrogens with one attached hydrogen (secondary N) is 2. The molecule has 166 valence electrons. The Bertz CT molecular complexity index is 1060. The van der Waals surface area contributed by atoms with E-state index < -0.39 is 0 Å². The molecule has 0 atom stereocenters. The van der Waals surface area contributed by atoms with Crippen LogP contribution >= 0.6 is 0 Å². The van der Waals surface area contributed by atoms with E-state index in [0.717, 1.165) is 55.6 Å². The van der Waals surface area contributed by atoms with Crippen molar-refractivity contribution < 1.29 is 9.18 Å². The van der Waals surface area contributed by atoms with Crippen LogP contribution in [0.1, 0.15) is 48.3 Å². The molecule has 3 aromatic rings. The van der Waals surface area contributed by atoms with Gasteiger partial charge >= 0.3 is 0 Å². The molecule has 1 fully saturated rings. The fourth-order valence-electron chi connectivity index (χ4n) is 4.50. The highest BCUT2D eigenvalue weighted by molar-refractivity contribution is 5.90. The molecule has 0 saturated carbocycles. The number of rotatable bonds is 7. The molecule has 3 aromatic carbocycles. The predicted molar refractivity (Wildman–Crippen MR) is 129 cm³/mol. The molecule has 1 saturated heterocycles. The summed E-state index contributed by atoms with van der Waals surface area (Å²) >= 11 is 0. The first-order chi connectivity index (χ1) is 15.6. The van der Waals surface area contributed by atoms with Crippen molar-refractivity contribution in [1.29, 1.82) is 0 Å². The Balaban J connectivity index is 1.28. The summed E-state index contributed by atoms with van der Waals surface area (Å²) in [6.45, 7) is 4.27. The minimum absolute atomic E-state index is 0.0569. The second-order valence-electron chi connectivity index (χ2n) is 8.70. The largest absolute Gasteiger partial charge is 0.326 e. The Morgan fingerprint density at radius 2 is 1.78 bits per heavy atom. The maximum atomic E-state index is 13.4. The molecule has 4 rings (SSSR count). The van der Waals surface area contributed by atoms with Gasteiger partial charge < -0.3 is 10.6 Å². The third-order valence-electron chi connectivity index (χ3n) is 6.32. The topological polar surface area (TPSA) is 41.1 Å². The summed E-state index contributed by atoms with van der Waals surface area (Å²) in [5.74, 6) is 0.402. The lowest BCUT2D eigenvalue weighted by molar-refractivity contribution is -0.116. The molecule has 0 aliphatic carbocycles. The van der Waals surface area contributed by atoms with Crippen LogP contribution in [0.4, 0.5) is 10.1 Å². The average molecular weight is 431 g/mol. The number of benzene rings is 3. The van der Waals surface area contributed by atoms with Crippen molar-refractivity contribution in [2.75, 3.05) is 18.4 Å². The smallest absolute Gasteiger partial charge is 0.224 e. The molecule has 1 amide bonds. The van der Waals surface area contributed by atoms with Crippen LogP contribution in [0.15, 0.2) is 66.7 Å². The first-order valence-corrected chi connectivity index (χ1v) is 11.5. The molecule has 3 nitrogen and oxygen atoms in total. The van der Waals surface area contributed by atoms with E-state index in [1.165, 1.54) is 22.8 Å². The van der Waals surface area contributed by atoms with Crippen LogP contribution in [0.2, 0.25) is 0 Å². The molecule has 4 heteroatoms. The quantitative estimate of drug-likeness (QED) is 0.466. The lowest BCUT2D eigenvalue weighted by Crippen LogP contribution is -2.27. The van der Waals surface area contributed by atoms with Gasteiger partial charge in [-0.2, -0.15) is 0 Å². The van der Waals surface area contributed by atoms with Crippen LogP contribution in [-0.4, -0.2) is 19.0 Å². The summed E-state index contributed by atoms with van der Waals surface area (Å²) in [5.41, 5.74) is 6.61. The minimum atomic E-state index is -0.228. The Labute approximate surface area is 190 Å². The lowest BCUT2D eigenvalue weighted by Gasteiger charge is -2.25.